The lowest BCUT2D eigenvalue weighted by Gasteiger charge is -2.09. The molecule has 8 heteroatoms. The number of carboxylic acid groups (broad SMARTS) is 1. The second-order valence-corrected chi connectivity index (χ2v) is 6.70. The number of rotatable bonds is 2. The number of carboxylic acids is 1. The third-order valence-electron chi connectivity index (χ3n) is 3.14. The normalized spacial score (nSPS) is 11.0. The molecular formula is C14H7Br3N2O3. The van der Waals surface area contributed by atoms with Crippen LogP contribution in [0.3, 0.4) is 0 Å². The molecule has 0 saturated heterocycles. The molecule has 112 valence electrons. The van der Waals surface area contributed by atoms with Gasteiger partial charge in [0.15, 0.2) is 11.4 Å². The number of halogens is 3. The summed E-state index contributed by atoms with van der Waals surface area (Å²) in [7, 11) is 0. The molecule has 0 aliphatic heterocycles. The second kappa shape index (κ2) is 5.68. The smallest absolute Gasteiger partial charge is 0.358 e. The van der Waals surface area contributed by atoms with Crippen molar-refractivity contribution in [3.05, 3.63) is 49.7 Å². The SMILES string of the molecule is O=C(O)c1nc(Br)c2c(c1O)c(Br)c(Br)n2-c1ccccc1. The van der Waals surface area contributed by atoms with Crippen molar-refractivity contribution in [3.63, 3.8) is 0 Å². The zero-order valence-corrected chi connectivity index (χ0v) is 15.5. The van der Waals surface area contributed by atoms with E-state index in [-0.39, 0.29) is 5.75 Å². The highest BCUT2D eigenvalue weighted by molar-refractivity contribution is 9.13. The van der Waals surface area contributed by atoms with E-state index in [4.69, 9.17) is 5.11 Å². The number of aromatic nitrogens is 2. The molecule has 1 aromatic carbocycles. The molecule has 0 atom stereocenters. The van der Waals surface area contributed by atoms with Gasteiger partial charge in [-0.15, -0.1) is 0 Å². The lowest BCUT2D eigenvalue weighted by molar-refractivity contribution is 0.0687. The highest BCUT2D eigenvalue weighted by Gasteiger charge is 2.25. The number of nitrogens with zero attached hydrogens (tertiary/aromatic N) is 2. The van der Waals surface area contributed by atoms with Crippen LogP contribution >= 0.6 is 47.8 Å². The van der Waals surface area contributed by atoms with E-state index in [1.807, 2.05) is 34.9 Å². The maximum absolute atomic E-state index is 11.2. The molecule has 0 fully saturated rings. The topological polar surface area (TPSA) is 75.3 Å². The molecule has 2 N–H and O–H groups in total. The monoisotopic (exact) mass is 488 g/mol. The average Bonchev–Trinajstić information content (AvgIpc) is 2.76. The number of benzene rings is 1. The van der Waals surface area contributed by atoms with Crippen molar-refractivity contribution in [2.45, 2.75) is 0 Å². The van der Waals surface area contributed by atoms with Crippen LogP contribution in [0.15, 0.2) is 44.0 Å². The van der Waals surface area contributed by atoms with Crippen molar-refractivity contribution in [1.29, 1.82) is 0 Å². The first-order chi connectivity index (χ1) is 10.4. The Morgan fingerprint density at radius 2 is 1.77 bits per heavy atom. The number of para-hydroxylation sites is 1. The number of fused-ring (bicyclic) bond motifs is 1. The van der Waals surface area contributed by atoms with Crippen LogP contribution in [-0.4, -0.2) is 25.7 Å². The molecule has 3 aromatic rings. The fourth-order valence-corrected chi connectivity index (χ4v) is 3.90. The predicted molar refractivity (Wildman–Crippen MR) is 92.8 cm³/mol. The number of hydrogen-bond donors (Lipinski definition) is 2. The van der Waals surface area contributed by atoms with Crippen molar-refractivity contribution < 1.29 is 15.0 Å². The molecule has 22 heavy (non-hydrogen) atoms. The first kappa shape index (κ1) is 15.5. The standard InChI is InChI=1S/C14H7Br3N2O3/c15-8-7-10(12(16)18-9(11(7)20)14(21)22)19(13(8)17)6-4-2-1-3-5-6/h1-5,20H,(H,21,22). The minimum absolute atomic E-state index is 0.327. The van der Waals surface area contributed by atoms with Gasteiger partial charge in [0.2, 0.25) is 0 Å². The Labute approximate surface area is 150 Å². The second-order valence-electron chi connectivity index (χ2n) is 4.40. The molecule has 0 aliphatic rings. The van der Waals surface area contributed by atoms with Crippen LogP contribution in [-0.2, 0) is 0 Å². The molecule has 3 rings (SSSR count). The van der Waals surface area contributed by atoms with Crippen molar-refractivity contribution in [2.75, 3.05) is 0 Å². The van der Waals surface area contributed by atoms with E-state index < -0.39 is 11.7 Å². The van der Waals surface area contributed by atoms with Gasteiger partial charge in [0.25, 0.3) is 0 Å². The molecule has 5 nitrogen and oxygen atoms in total. The van der Waals surface area contributed by atoms with Gasteiger partial charge in [-0.2, -0.15) is 0 Å². The number of aromatic hydroxyl groups is 1. The van der Waals surface area contributed by atoms with Gasteiger partial charge in [0.05, 0.1) is 15.4 Å². The summed E-state index contributed by atoms with van der Waals surface area (Å²) in [5, 5.41) is 19.8. The van der Waals surface area contributed by atoms with Crippen LogP contribution in [0.5, 0.6) is 5.75 Å². The molecule has 2 aromatic heterocycles. The lowest BCUT2D eigenvalue weighted by atomic mass is 10.2. The van der Waals surface area contributed by atoms with E-state index in [1.54, 1.807) is 0 Å². The van der Waals surface area contributed by atoms with Crippen molar-refractivity contribution in [2.24, 2.45) is 0 Å². The van der Waals surface area contributed by atoms with Crippen LogP contribution in [0.1, 0.15) is 10.5 Å². The number of pyridine rings is 1. The summed E-state index contributed by atoms with van der Waals surface area (Å²) < 4.78 is 3.35. The lowest BCUT2D eigenvalue weighted by Crippen LogP contribution is -2.03. The molecule has 0 saturated carbocycles. The first-order valence-corrected chi connectivity index (χ1v) is 8.38. The van der Waals surface area contributed by atoms with Crippen LogP contribution < -0.4 is 0 Å². The van der Waals surface area contributed by atoms with Gasteiger partial charge in [-0.3, -0.25) is 0 Å². The van der Waals surface area contributed by atoms with Crippen molar-refractivity contribution >= 4 is 64.7 Å². The van der Waals surface area contributed by atoms with Crippen LogP contribution in [0.25, 0.3) is 16.6 Å². The first-order valence-electron chi connectivity index (χ1n) is 6.00. The van der Waals surface area contributed by atoms with Crippen LogP contribution in [0.4, 0.5) is 0 Å². The molecule has 0 unspecified atom stereocenters. The predicted octanol–water partition coefficient (Wildman–Crippen LogP) is 4.72. The van der Waals surface area contributed by atoms with E-state index in [9.17, 15) is 9.90 Å². The van der Waals surface area contributed by atoms with Crippen LogP contribution in [0.2, 0.25) is 0 Å². The van der Waals surface area contributed by atoms with Gasteiger partial charge in [-0.1, -0.05) is 18.2 Å². The minimum atomic E-state index is -1.30. The van der Waals surface area contributed by atoms with E-state index in [0.29, 0.717) is 24.6 Å². The summed E-state index contributed by atoms with van der Waals surface area (Å²) in [5.41, 5.74) is 1.00. The molecule has 0 bridgehead atoms. The number of carbonyl (C=O) groups is 1. The molecule has 0 aliphatic carbocycles. The Hall–Kier alpha value is -1.38. The third-order valence-corrected chi connectivity index (χ3v) is 5.75. The molecule has 0 radical (unpaired) electrons. The van der Waals surface area contributed by atoms with Gasteiger partial charge >= 0.3 is 5.97 Å². The third kappa shape index (κ3) is 2.26. The Morgan fingerprint density at radius 1 is 1.14 bits per heavy atom. The summed E-state index contributed by atoms with van der Waals surface area (Å²) in [5.74, 6) is -1.68. The molecule has 2 heterocycles. The Balaban J connectivity index is 2.49. The van der Waals surface area contributed by atoms with E-state index in [1.165, 1.54) is 0 Å². The summed E-state index contributed by atoms with van der Waals surface area (Å²) in [4.78, 5) is 15.2. The average molecular weight is 491 g/mol. The maximum Gasteiger partial charge on any atom is 0.358 e. The summed E-state index contributed by atoms with van der Waals surface area (Å²) in [6.45, 7) is 0. The molecule has 0 amide bonds. The maximum atomic E-state index is 11.2. The van der Waals surface area contributed by atoms with Crippen molar-refractivity contribution in [1.82, 2.24) is 9.55 Å². The van der Waals surface area contributed by atoms with Gasteiger partial charge in [0, 0.05) is 5.69 Å². The highest BCUT2D eigenvalue weighted by atomic mass is 79.9. The number of aromatic carboxylic acids is 1. The molecule has 0 spiro atoms. The van der Waals surface area contributed by atoms with Gasteiger partial charge < -0.3 is 14.8 Å². The summed E-state index contributed by atoms with van der Waals surface area (Å²) in [6.07, 6.45) is 0. The van der Waals surface area contributed by atoms with Crippen molar-refractivity contribution in [3.8, 4) is 11.4 Å². The van der Waals surface area contributed by atoms with E-state index >= 15 is 0 Å². The van der Waals surface area contributed by atoms with Gasteiger partial charge in [0.1, 0.15) is 9.21 Å². The number of hydrogen-bond acceptors (Lipinski definition) is 3. The Morgan fingerprint density at radius 3 is 2.36 bits per heavy atom. The van der Waals surface area contributed by atoms with E-state index in [2.05, 4.69) is 52.8 Å². The van der Waals surface area contributed by atoms with Crippen LogP contribution in [0, 0.1) is 0 Å². The fourth-order valence-electron chi connectivity index (χ4n) is 2.22. The van der Waals surface area contributed by atoms with Gasteiger partial charge in [-0.05, 0) is 59.9 Å². The fraction of sp³-hybridized carbons (Fsp3) is 0. The summed E-state index contributed by atoms with van der Waals surface area (Å²) in [6, 6.07) is 9.45. The Bertz CT molecular complexity index is 907. The Kier molecular flexibility index (Phi) is 4.00. The minimum Gasteiger partial charge on any atom is -0.505 e. The largest absolute Gasteiger partial charge is 0.505 e. The quantitative estimate of drug-likeness (QED) is 0.510. The highest BCUT2D eigenvalue weighted by Crippen LogP contribution is 2.44. The van der Waals surface area contributed by atoms with Gasteiger partial charge in [-0.25, -0.2) is 9.78 Å². The molecular weight excluding hydrogens is 484 g/mol. The van der Waals surface area contributed by atoms with E-state index in [0.717, 1.165) is 5.69 Å². The zero-order valence-electron chi connectivity index (χ0n) is 10.7. The summed E-state index contributed by atoms with van der Waals surface area (Å²) >= 11 is 10.2. The zero-order chi connectivity index (χ0) is 16.0.